The lowest BCUT2D eigenvalue weighted by atomic mass is 10.1. The molecule has 4 aromatic rings. The molecule has 0 saturated carbocycles. The van der Waals surface area contributed by atoms with Crippen LogP contribution in [0.5, 0.6) is 0 Å². The summed E-state index contributed by atoms with van der Waals surface area (Å²) in [4.78, 5) is 13.3. The second-order valence-electron chi connectivity index (χ2n) is 8.00. The predicted octanol–water partition coefficient (Wildman–Crippen LogP) is 5.32. The van der Waals surface area contributed by atoms with Crippen LogP contribution in [-0.2, 0) is 23.1 Å². The van der Waals surface area contributed by atoms with Gasteiger partial charge in [-0.3, -0.25) is 9.10 Å². The summed E-state index contributed by atoms with van der Waals surface area (Å²) in [5.74, 6) is -0.336. The number of hydrogen-bond acceptors (Lipinski definition) is 3. The van der Waals surface area contributed by atoms with E-state index in [0.717, 1.165) is 16.7 Å². The summed E-state index contributed by atoms with van der Waals surface area (Å²) in [7, 11) is -3.94. The van der Waals surface area contributed by atoms with Crippen molar-refractivity contribution in [3.63, 3.8) is 0 Å². The number of anilines is 1. The Morgan fingerprint density at radius 2 is 1.29 bits per heavy atom. The Kier molecular flexibility index (Phi) is 7.09. The fourth-order valence-electron chi connectivity index (χ4n) is 3.64. The first-order valence-electron chi connectivity index (χ1n) is 11.0. The molecule has 0 aromatic heterocycles. The van der Waals surface area contributed by atoms with Crippen LogP contribution >= 0.6 is 0 Å². The number of benzene rings is 4. The Hall–Kier alpha value is -3.90. The number of rotatable bonds is 8. The van der Waals surface area contributed by atoms with Crippen LogP contribution in [-0.4, -0.2) is 14.3 Å². The minimum Gasteiger partial charge on any atom is -0.348 e. The zero-order chi connectivity index (χ0) is 24.0. The standard InChI is InChI=1S/C28H26N2O3S/c1-22-16-18-25(19-17-22)34(32,33)30(21-24-12-6-3-7-13-24)27-15-9-8-14-26(27)28(31)29-20-23-10-4-2-5-11-23/h2-19H,20-21H2,1H3,(H,29,31). The minimum absolute atomic E-state index is 0.0973. The first-order valence-corrected chi connectivity index (χ1v) is 12.4. The topological polar surface area (TPSA) is 66.5 Å². The lowest BCUT2D eigenvalue weighted by Gasteiger charge is -2.26. The van der Waals surface area contributed by atoms with E-state index >= 15 is 0 Å². The van der Waals surface area contributed by atoms with Crippen molar-refractivity contribution in [2.24, 2.45) is 0 Å². The lowest BCUT2D eigenvalue weighted by Crippen LogP contribution is -2.33. The van der Waals surface area contributed by atoms with Gasteiger partial charge in [0.25, 0.3) is 15.9 Å². The van der Waals surface area contributed by atoms with Gasteiger partial charge >= 0.3 is 0 Å². The van der Waals surface area contributed by atoms with E-state index in [4.69, 9.17) is 0 Å². The summed E-state index contributed by atoms with van der Waals surface area (Å²) in [6.07, 6.45) is 0. The quantitative estimate of drug-likeness (QED) is 0.379. The number of carbonyl (C=O) groups excluding carboxylic acids is 1. The highest BCUT2D eigenvalue weighted by molar-refractivity contribution is 7.92. The summed E-state index contributed by atoms with van der Waals surface area (Å²) < 4.78 is 28.9. The van der Waals surface area contributed by atoms with Gasteiger partial charge in [0.1, 0.15) is 0 Å². The molecule has 34 heavy (non-hydrogen) atoms. The molecule has 0 aliphatic heterocycles. The first-order chi connectivity index (χ1) is 16.4. The van der Waals surface area contributed by atoms with E-state index in [0.29, 0.717) is 17.8 Å². The molecular formula is C28H26N2O3S. The average molecular weight is 471 g/mol. The highest BCUT2D eigenvalue weighted by Gasteiger charge is 2.28. The molecule has 0 fully saturated rings. The monoisotopic (exact) mass is 470 g/mol. The molecule has 0 unspecified atom stereocenters. The smallest absolute Gasteiger partial charge is 0.264 e. The molecule has 4 aromatic carbocycles. The fraction of sp³-hybridized carbons (Fsp3) is 0.107. The van der Waals surface area contributed by atoms with Gasteiger partial charge in [0.15, 0.2) is 0 Å². The molecule has 0 spiro atoms. The maximum Gasteiger partial charge on any atom is 0.264 e. The molecule has 1 amide bonds. The van der Waals surface area contributed by atoms with Gasteiger partial charge in [-0.15, -0.1) is 0 Å². The van der Waals surface area contributed by atoms with Gasteiger partial charge in [0.05, 0.1) is 22.7 Å². The van der Waals surface area contributed by atoms with Crippen LogP contribution in [0.3, 0.4) is 0 Å². The zero-order valence-electron chi connectivity index (χ0n) is 18.9. The van der Waals surface area contributed by atoms with Crippen LogP contribution in [0.1, 0.15) is 27.0 Å². The molecule has 0 saturated heterocycles. The number of aryl methyl sites for hydroxylation is 1. The van der Waals surface area contributed by atoms with E-state index in [1.165, 1.54) is 4.31 Å². The van der Waals surface area contributed by atoms with Crippen LogP contribution < -0.4 is 9.62 Å². The predicted molar refractivity (Wildman–Crippen MR) is 135 cm³/mol. The van der Waals surface area contributed by atoms with Crippen LogP contribution in [0.2, 0.25) is 0 Å². The Bertz CT molecular complexity index is 1350. The molecule has 0 aliphatic carbocycles. The van der Waals surface area contributed by atoms with E-state index in [2.05, 4.69) is 5.32 Å². The fourth-order valence-corrected chi connectivity index (χ4v) is 5.11. The molecule has 0 heterocycles. The van der Waals surface area contributed by atoms with Crippen LogP contribution in [0.4, 0.5) is 5.69 Å². The van der Waals surface area contributed by atoms with Crippen LogP contribution in [0.25, 0.3) is 0 Å². The third kappa shape index (κ3) is 5.35. The molecule has 6 heteroatoms. The summed E-state index contributed by atoms with van der Waals surface area (Å²) >= 11 is 0. The Morgan fingerprint density at radius 3 is 1.94 bits per heavy atom. The van der Waals surface area contributed by atoms with Crippen molar-refractivity contribution in [2.45, 2.75) is 24.9 Å². The van der Waals surface area contributed by atoms with E-state index in [1.54, 1.807) is 48.5 Å². The number of nitrogens with one attached hydrogen (secondary N) is 1. The highest BCUT2D eigenvalue weighted by atomic mass is 32.2. The highest BCUT2D eigenvalue weighted by Crippen LogP contribution is 2.29. The number of nitrogens with zero attached hydrogens (tertiary/aromatic N) is 1. The summed E-state index contributed by atoms with van der Waals surface area (Å²) in [5, 5.41) is 2.91. The normalized spacial score (nSPS) is 11.1. The number of amides is 1. The number of sulfonamides is 1. The Labute approximate surface area is 200 Å². The molecule has 0 radical (unpaired) electrons. The van der Waals surface area contributed by atoms with Gasteiger partial charge in [0, 0.05) is 6.54 Å². The lowest BCUT2D eigenvalue weighted by molar-refractivity contribution is 0.0951. The molecule has 172 valence electrons. The van der Waals surface area contributed by atoms with E-state index in [-0.39, 0.29) is 17.3 Å². The van der Waals surface area contributed by atoms with Crippen molar-refractivity contribution in [1.29, 1.82) is 0 Å². The van der Waals surface area contributed by atoms with Gasteiger partial charge in [-0.1, -0.05) is 90.5 Å². The summed E-state index contributed by atoms with van der Waals surface area (Å²) in [6.45, 7) is 2.35. The van der Waals surface area contributed by atoms with Crippen LogP contribution in [0.15, 0.2) is 114 Å². The number of carbonyl (C=O) groups is 1. The maximum absolute atomic E-state index is 13.8. The van der Waals surface area contributed by atoms with E-state index in [1.807, 2.05) is 67.6 Å². The Morgan fingerprint density at radius 1 is 0.735 bits per heavy atom. The third-order valence-corrected chi connectivity index (χ3v) is 7.27. The summed E-state index contributed by atoms with van der Waals surface area (Å²) in [5.41, 5.74) is 3.37. The van der Waals surface area contributed by atoms with Crippen LogP contribution in [0, 0.1) is 6.92 Å². The summed E-state index contributed by atoms with van der Waals surface area (Å²) in [6, 6.07) is 32.5. The molecule has 0 atom stereocenters. The first kappa shape index (κ1) is 23.3. The van der Waals surface area contributed by atoms with Gasteiger partial charge < -0.3 is 5.32 Å². The largest absolute Gasteiger partial charge is 0.348 e. The molecule has 5 nitrogen and oxygen atoms in total. The van der Waals surface area contributed by atoms with Crippen molar-refractivity contribution in [2.75, 3.05) is 4.31 Å². The molecular weight excluding hydrogens is 444 g/mol. The Balaban J connectivity index is 1.73. The van der Waals surface area contributed by atoms with Crippen molar-refractivity contribution >= 4 is 21.6 Å². The number of para-hydroxylation sites is 1. The molecule has 0 aliphatic rings. The average Bonchev–Trinajstić information content (AvgIpc) is 2.87. The SMILES string of the molecule is Cc1ccc(S(=O)(=O)N(Cc2ccccc2)c2ccccc2C(=O)NCc2ccccc2)cc1. The van der Waals surface area contributed by atoms with Crippen molar-refractivity contribution in [3.05, 3.63) is 131 Å². The van der Waals surface area contributed by atoms with Crippen molar-refractivity contribution in [3.8, 4) is 0 Å². The third-order valence-electron chi connectivity index (χ3n) is 5.49. The second-order valence-corrected chi connectivity index (χ2v) is 9.86. The minimum atomic E-state index is -3.94. The zero-order valence-corrected chi connectivity index (χ0v) is 19.7. The maximum atomic E-state index is 13.8. The number of hydrogen-bond donors (Lipinski definition) is 1. The van der Waals surface area contributed by atoms with Gasteiger partial charge in [-0.05, 0) is 42.3 Å². The second kappa shape index (κ2) is 10.4. The van der Waals surface area contributed by atoms with Crippen molar-refractivity contribution < 1.29 is 13.2 Å². The van der Waals surface area contributed by atoms with E-state index in [9.17, 15) is 13.2 Å². The van der Waals surface area contributed by atoms with Gasteiger partial charge in [-0.2, -0.15) is 0 Å². The molecule has 4 rings (SSSR count). The van der Waals surface area contributed by atoms with E-state index < -0.39 is 10.0 Å². The molecule has 1 N–H and O–H groups in total. The van der Waals surface area contributed by atoms with Gasteiger partial charge in [-0.25, -0.2) is 8.42 Å². The van der Waals surface area contributed by atoms with Gasteiger partial charge in [0.2, 0.25) is 0 Å². The molecule has 0 bridgehead atoms. The van der Waals surface area contributed by atoms with Crippen molar-refractivity contribution in [1.82, 2.24) is 5.32 Å².